The molecule has 1 rings (SSSR count). The van der Waals surface area contributed by atoms with Crippen LogP contribution >= 0.6 is 24.0 Å². The van der Waals surface area contributed by atoms with Gasteiger partial charge in [-0.2, -0.15) is 0 Å². The average molecular weight is 345 g/mol. The average Bonchev–Trinajstić information content (AvgIpc) is 2.30. The first-order valence-corrected chi connectivity index (χ1v) is 7.80. The first-order chi connectivity index (χ1) is 8.77. The molecule has 0 aliphatic heterocycles. The summed E-state index contributed by atoms with van der Waals surface area (Å²) in [6.07, 6.45) is 0.581. The number of sulfonamides is 1. The van der Waals surface area contributed by atoms with Crippen LogP contribution in [0.1, 0.15) is 20.3 Å². The minimum atomic E-state index is -3.96. The molecule has 0 saturated heterocycles. The van der Waals surface area contributed by atoms with Crippen molar-refractivity contribution in [1.29, 1.82) is 0 Å². The third-order valence-corrected chi connectivity index (χ3v) is 4.40. The molecule has 0 radical (unpaired) electrons. The summed E-state index contributed by atoms with van der Waals surface area (Å²) in [4.78, 5) is -0.456. The van der Waals surface area contributed by atoms with Gasteiger partial charge in [0.1, 0.15) is 4.90 Å². The first-order valence-electron chi connectivity index (χ1n) is 5.94. The van der Waals surface area contributed by atoms with Crippen molar-refractivity contribution in [2.24, 2.45) is 11.7 Å². The molecule has 8 heteroatoms. The van der Waals surface area contributed by atoms with Gasteiger partial charge in [0.25, 0.3) is 0 Å². The van der Waals surface area contributed by atoms with E-state index >= 15 is 0 Å². The Morgan fingerprint density at radius 2 is 2.00 bits per heavy atom. The Bertz CT molecular complexity index is 538. The summed E-state index contributed by atoms with van der Waals surface area (Å²) in [5, 5.41) is -0.226. The lowest BCUT2D eigenvalue weighted by atomic mass is 10.1. The van der Waals surface area contributed by atoms with Crippen LogP contribution in [-0.2, 0) is 10.0 Å². The highest BCUT2D eigenvalue weighted by molar-refractivity contribution is 7.89. The summed E-state index contributed by atoms with van der Waals surface area (Å²) in [6, 6.07) is 3.43. The zero-order chi connectivity index (χ0) is 14.6. The lowest BCUT2D eigenvalue weighted by Crippen LogP contribution is -2.41. The molecule has 1 unspecified atom stereocenters. The third kappa shape index (κ3) is 5.18. The molecule has 0 aliphatic rings. The van der Waals surface area contributed by atoms with Crippen molar-refractivity contribution in [2.45, 2.75) is 31.2 Å². The largest absolute Gasteiger partial charge is 0.329 e. The highest BCUT2D eigenvalue weighted by Gasteiger charge is 2.24. The molecule has 0 aromatic heterocycles. The summed E-state index contributed by atoms with van der Waals surface area (Å²) in [5.74, 6) is -0.669. The first kappa shape index (κ1) is 19.6. The van der Waals surface area contributed by atoms with Crippen molar-refractivity contribution < 1.29 is 12.8 Å². The van der Waals surface area contributed by atoms with Crippen molar-refractivity contribution in [1.82, 2.24) is 4.72 Å². The molecule has 3 N–H and O–H groups in total. The van der Waals surface area contributed by atoms with Crippen LogP contribution in [0.25, 0.3) is 0 Å². The number of nitrogens with one attached hydrogen (secondary N) is 1. The third-order valence-electron chi connectivity index (χ3n) is 2.57. The van der Waals surface area contributed by atoms with E-state index in [4.69, 9.17) is 17.3 Å². The zero-order valence-electron chi connectivity index (χ0n) is 11.3. The second kappa shape index (κ2) is 8.14. The Kier molecular flexibility index (Phi) is 7.98. The lowest BCUT2D eigenvalue weighted by Gasteiger charge is -2.19. The number of hydrogen-bond acceptors (Lipinski definition) is 3. The Balaban J connectivity index is 0.00000361. The maximum absolute atomic E-state index is 13.7. The van der Waals surface area contributed by atoms with Gasteiger partial charge in [0.2, 0.25) is 10.0 Å². The number of hydrogen-bond donors (Lipinski definition) is 2. The van der Waals surface area contributed by atoms with Crippen molar-refractivity contribution in [3.05, 3.63) is 29.0 Å². The second-order valence-electron chi connectivity index (χ2n) is 4.74. The molecule has 0 fully saturated rings. The molecule has 0 aliphatic carbocycles. The number of nitrogens with two attached hydrogens (primary N) is 1. The van der Waals surface area contributed by atoms with Gasteiger partial charge in [-0.3, -0.25) is 0 Å². The van der Waals surface area contributed by atoms with Crippen molar-refractivity contribution in [3.63, 3.8) is 0 Å². The molecule has 0 bridgehead atoms. The Morgan fingerprint density at radius 1 is 1.40 bits per heavy atom. The van der Waals surface area contributed by atoms with Crippen LogP contribution < -0.4 is 10.5 Å². The SMILES string of the molecule is CC(C)CC(CN)NS(=O)(=O)c1cccc(Cl)c1F.Cl. The van der Waals surface area contributed by atoms with E-state index in [1.807, 2.05) is 13.8 Å². The molecule has 20 heavy (non-hydrogen) atoms. The summed E-state index contributed by atoms with van der Waals surface area (Å²) in [5.41, 5.74) is 5.53. The van der Waals surface area contributed by atoms with Crippen molar-refractivity contribution in [3.8, 4) is 0 Å². The maximum atomic E-state index is 13.7. The van der Waals surface area contributed by atoms with Gasteiger partial charge in [-0.15, -0.1) is 12.4 Å². The van der Waals surface area contributed by atoms with Crippen molar-refractivity contribution in [2.75, 3.05) is 6.54 Å². The van der Waals surface area contributed by atoms with Crippen molar-refractivity contribution >= 4 is 34.0 Å². The molecular weight excluding hydrogens is 326 g/mol. The maximum Gasteiger partial charge on any atom is 0.243 e. The molecule has 4 nitrogen and oxygen atoms in total. The van der Waals surface area contributed by atoms with Gasteiger partial charge in [-0.1, -0.05) is 31.5 Å². The summed E-state index contributed by atoms with van der Waals surface area (Å²) >= 11 is 5.58. The Morgan fingerprint density at radius 3 is 2.50 bits per heavy atom. The molecule has 0 heterocycles. The number of rotatable bonds is 6. The van der Waals surface area contributed by atoms with Gasteiger partial charge in [-0.05, 0) is 24.5 Å². The molecule has 0 spiro atoms. The smallest absolute Gasteiger partial charge is 0.243 e. The van der Waals surface area contributed by atoms with E-state index in [0.717, 1.165) is 0 Å². The van der Waals surface area contributed by atoms with Gasteiger partial charge in [0.05, 0.1) is 5.02 Å². The predicted octanol–water partition coefficient (Wildman–Crippen LogP) is 2.55. The van der Waals surface area contributed by atoms with Gasteiger partial charge in [-0.25, -0.2) is 17.5 Å². The van der Waals surface area contributed by atoms with E-state index in [0.29, 0.717) is 6.42 Å². The monoisotopic (exact) mass is 344 g/mol. The van der Waals surface area contributed by atoms with Crippen LogP contribution in [0, 0.1) is 11.7 Å². The minimum absolute atomic E-state index is 0. The Hall–Kier alpha value is -0.400. The standard InChI is InChI=1S/C12H18ClFN2O2S.ClH/c1-8(2)6-9(7-15)16-19(17,18)11-5-3-4-10(13)12(11)14;/h3-5,8-9,16H,6-7,15H2,1-2H3;1H. The quantitative estimate of drug-likeness (QED) is 0.832. The fourth-order valence-electron chi connectivity index (χ4n) is 1.74. The second-order valence-corrected chi connectivity index (χ2v) is 6.83. The van der Waals surface area contributed by atoms with Crippen LogP contribution in [0.5, 0.6) is 0 Å². The van der Waals surface area contributed by atoms with E-state index in [2.05, 4.69) is 4.72 Å². The van der Waals surface area contributed by atoms with E-state index in [9.17, 15) is 12.8 Å². The highest BCUT2D eigenvalue weighted by Crippen LogP contribution is 2.22. The van der Waals surface area contributed by atoms with Crippen LogP contribution in [0.15, 0.2) is 23.1 Å². The zero-order valence-corrected chi connectivity index (χ0v) is 13.7. The number of benzene rings is 1. The lowest BCUT2D eigenvalue weighted by molar-refractivity contribution is 0.463. The molecule has 1 atom stereocenters. The minimum Gasteiger partial charge on any atom is -0.329 e. The van der Waals surface area contributed by atoms with E-state index in [1.54, 1.807) is 0 Å². The fraction of sp³-hybridized carbons (Fsp3) is 0.500. The normalized spacial score (nSPS) is 13.1. The number of halogens is 3. The van der Waals surface area contributed by atoms with Gasteiger partial charge >= 0.3 is 0 Å². The predicted molar refractivity (Wildman–Crippen MR) is 81.3 cm³/mol. The molecule has 0 saturated carbocycles. The van der Waals surface area contributed by atoms with Gasteiger partial charge in [0, 0.05) is 12.6 Å². The highest BCUT2D eigenvalue weighted by atomic mass is 35.5. The van der Waals surface area contributed by atoms with Crippen LogP contribution in [0.2, 0.25) is 5.02 Å². The molecule has 116 valence electrons. The summed E-state index contributed by atoms with van der Waals surface area (Å²) in [7, 11) is -3.96. The molecule has 1 aromatic rings. The summed E-state index contributed by atoms with van der Waals surface area (Å²) in [6.45, 7) is 4.06. The van der Waals surface area contributed by atoms with Gasteiger partial charge < -0.3 is 5.73 Å². The molecule has 0 amide bonds. The van der Waals surface area contributed by atoms with E-state index < -0.39 is 26.8 Å². The van der Waals surface area contributed by atoms with Crippen LogP contribution in [0.4, 0.5) is 4.39 Å². The topological polar surface area (TPSA) is 72.2 Å². The van der Waals surface area contributed by atoms with E-state index in [1.165, 1.54) is 18.2 Å². The van der Waals surface area contributed by atoms with Gasteiger partial charge in [0.15, 0.2) is 5.82 Å². The molecular formula is C12H19Cl2FN2O2S. The van der Waals surface area contributed by atoms with E-state index in [-0.39, 0.29) is 29.9 Å². The fourth-order valence-corrected chi connectivity index (χ4v) is 3.33. The Labute approximate surface area is 130 Å². The molecule has 1 aromatic carbocycles. The van der Waals surface area contributed by atoms with Crippen LogP contribution in [-0.4, -0.2) is 21.0 Å². The van der Waals surface area contributed by atoms with Crippen LogP contribution in [0.3, 0.4) is 0 Å². The summed E-state index contributed by atoms with van der Waals surface area (Å²) < 4.78 is 40.3.